The van der Waals surface area contributed by atoms with Crippen LogP contribution in [0, 0.1) is 0 Å². The van der Waals surface area contributed by atoms with Crippen molar-refractivity contribution in [3.05, 3.63) is 12.7 Å². The molecule has 5 amide bonds. The summed E-state index contributed by atoms with van der Waals surface area (Å²) in [6.45, 7) is 6.93. The van der Waals surface area contributed by atoms with E-state index >= 15 is 0 Å². The average molecular weight is 323 g/mol. The van der Waals surface area contributed by atoms with E-state index in [1.165, 1.54) is 7.05 Å². The first kappa shape index (κ1) is 17.1. The van der Waals surface area contributed by atoms with Gasteiger partial charge < -0.3 is 5.32 Å². The van der Waals surface area contributed by atoms with Crippen LogP contribution in [0.25, 0.3) is 0 Å². The molecule has 2 heterocycles. The van der Waals surface area contributed by atoms with Gasteiger partial charge in [0.15, 0.2) is 0 Å². The summed E-state index contributed by atoms with van der Waals surface area (Å²) in [5, 5.41) is 2.72. The lowest BCUT2D eigenvalue weighted by Gasteiger charge is -2.35. The zero-order valence-electron chi connectivity index (χ0n) is 13.2. The van der Waals surface area contributed by atoms with E-state index in [4.69, 9.17) is 0 Å². The molecule has 2 fully saturated rings. The van der Waals surface area contributed by atoms with E-state index in [0.29, 0.717) is 39.3 Å². The molecule has 2 aliphatic rings. The number of amides is 5. The lowest BCUT2D eigenvalue weighted by atomic mass is 10.3. The van der Waals surface area contributed by atoms with Gasteiger partial charge >= 0.3 is 17.8 Å². The molecule has 0 aliphatic carbocycles. The maximum atomic E-state index is 11.8. The van der Waals surface area contributed by atoms with Gasteiger partial charge in [0.2, 0.25) is 5.91 Å². The van der Waals surface area contributed by atoms with Crippen molar-refractivity contribution in [3.63, 3.8) is 0 Å². The minimum absolute atomic E-state index is 0.0598. The molecule has 2 saturated heterocycles. The molecule has 23 heavy (non-hydrogen) atoms. The average Bonchev–Trinajstić information content (AvgIpc) is 2.72. The smallest absolute Gasteiger partial charge is 0.335 e. The van der Waals surface area contributed by atoms with Crippen molar-refractivity contribution in [1.82, 2.24) is 24.9 Å². The third-order valence-corrected chi connectivity index (χ3v) is 3.87. The fourth-order valence-electron chi connectivity index (χ4n) is 2.47. The number of urea groups is 1. The number of piperazine rings is 1. The molecule has 2 aliphatic heterocycles. The zero-order valence-corrected chi connectivity index (χ0v) is 13.2. The molecule has 9 nitrogen and oxygen atoms in total. The number of carbonyl (C=O) groups is 4. The van der Waals surface area contributed by atoms with Gasteiger partial charge in [-0.2, -0.15) is 0 Å². The van der Waals surface area contributed by atoms with E-state index in [2.05, 4.69) is 11.9 Å². The van der Waals surface area contributed by atoms with Gasteiger partial charge in [0.1, 0.15) is 0 Å². The Hall–Kier alpha value is -2.26. The van der Waals surface area contributed by atoms with Gasteiger partial charge in [0.05, 0.1) is 13.2 Å². The van der Waals surface area contributed by atoms with Crippen molar-refractivity contribution in [2.24, 2.45) is 0 Å². The van der Waals surface area contributed by atoms with Crippen molar-refractivity contribution in [3.8, 4) is 0 Å². The van der Waals surface area contributed by atoms with Crippen LogP contribution in [0.3, 0.4) is 0 Å². The Bertz CT molecular complexity index is 527. The predicted molar refractivity (Wildman–Crippen MR) is 81.1 cm³/mol. The highest BCUT2D eigenvalue weighted by Crippen LogP contribution is 2.11. The molecule has 1 N–H and O–H groups in total. The lowest BCUT2D eigenvalue weighted by molar-refractivity contribution is -0.143. The minimum atomic E-state index is -0.799. The van der Waals surface area contributed by atoms with Crippen LogP contribution in [0.15, 0.2) is 12.7 Å². The Morgan fingerprint density at radius 2 is 1.74 bits per heavy atom. The second-order valence-electron chi connectivity index (χ2n) is 5.51. The number of carbonyl (C=O) groups excluding carboxylic acids is 4. The van der Waals surface area contributed by atoms with E-state index in [0.717, 1.165) is 9.80 Å². The number of hydrogen-bond acceptors (Lipinski definition) is 6. The van der Waals surface area contributed by atoms with Gasteiger partial charge in [-0.15, -0.1) is 6.58 Å². The Morgan fingerprint density at radius 3 is 2.26 bits per heavy atom. The van der Waals surface area contributed by atoms with E-state index in [1.807, 2.05) is 9.80 Å². The van der Waals surface area contributed by atoms with Crippen LogP contribution in [0.2, 0.25) is 0 Å². The van der Waals surface area contributed by atoms with Crippen molar-refractivity contribution in [1.29, 1.82) is 0 Å². The SMILES string of the molecule is C=CCNC(=O)CN1CCN(CN2C(=O)C(=O)N(C)C2=O)CC1. The van der Waals surface area contributed by atoms with Crippen LogP contribution >= 0.6 is 0 Å². The number of imide groups is 2. The summed E-state index contributed by atoms with van der Waals surface area (Å²) in [4.78, 5) is 52.3. The summed E-state index contributed by atoms with van der Waals surface area (Å²) < 4.78 is 0. The molecule has 0 bridgehead atoms. The Labute approximate surface area is 134 Å². The highest BCUT2D eigenvalue weighted by atomic mass is 16.2. The van der Waals surface area contributed by atoms with E-state index in [-0.39, 0.29) is 12.6 Å². The van der Waals surface area contributed by atoms with Gasteiger partial charge in [-0.3, -0.25) is 29.1 Å². The van der Waals surface area contributed by atoms with Gasteiger partial charge in [0, 0.05) is 39.8 Å². The van der Waals surface area contributed by atoms with E-state index < -0.39 is 17.8 Å². The van der Waals surface area contributed by atoms with Gasteiger partial charge in [-0.1, -0.05) is 6.08 Å². The first-order valence-corrected chi connectivity index (χ1v) is 7.40. The van der Waals surface area contributed by atoms with Crippen molar-refractivity contribution in [2.45, 2.75) is 0 Å². The van der Waals surface area contributed by atoms with Crippen molar-refractivity contribution >= 4 is 23.8 Å². The maximum Gasteiger partial charge on any atom is 0.335 e. The second-order valence-corrected chi connectivity index (χ2v) is 5.51. The lowest BCUT2D eigenvalue weighted by Crippen LogP contribution is -2.52. The molecule has 0 atom stereocenters. The number of nitrogens with zero attached hydrogens (tertiary/aromatic N) is 4. The summed E-state index contributed by atoms with van der Waals surface area (Å²) >= 11 is 0. The van der Waals surface area contributed by atoms with E-state index in [9.17, 15) is 19.2 Å². The highest BCUT2D eigenvalue weighted by Gasteiger charge is 2.42. The molecule has 0 spiro atoms. The predicted octanol–water partition coefficient (Wildman–Crippen LogP) is -1.72. The molecule has 126 valence electrons. The minimum Gasteiger partial charge on any atom is -0.352 e. The molecule has 9 heteroatoms. The molecule has 0 radical (unpaired) electrons. The molecule has 0 aromatic heterocycles. The van der Waals surface area contributed by atoms with Crippen LogP contribution < -0.4 is 5.32 Å². The summed E-state index contributed by atoms with van der Waals surface area (Å²) in [5.74, 6) is -1.65. The second kappa shape index (κ2) is 7.34. The molecule has 0 saturated carbocycles. The Balaban J connectivity index is 1.78. The van der Waals surface area contributed by atoms with Crippen molar-refractivity contribution in [2.75, 3.05) is 53.0 Å². The zero-order chi connectivity index (χ0) is 17.0. The molecule has 0 aromatic rings. The van der Waals surface area contributed by atoms with E-state index in [1.54, 1.807) is 6.08 Å². The quantitative estimate of drug-likeness (QED) is 0.355. The van der Waals surface area contributed by atoms with Crippen LogP contribution in [0.5, 0.6) is 0 Å². The third kappa shape index (κ3) is 3.93. The maximum absolute atomic E-state index is 11.8. The fourth-order valence-corrected chi connectivity index (χ4v) is 2.47. The van der Waals surface area contributed by atoms with Gasteiger partial charge in [0.25, 0.3) is 0 Å². The first-order chi connectivity index (χ1) is 10.9. The number of rotatable bonds is 6. The van der Waals surface area contributed by atoms with Crippen LogP contribution in [-0.4, -0.2) is 96.3 Å². The Morgan fingerprint density at radius 1 is 1.13 bits per heavy atom. The molecule has 0 unspecified atom stereocenters. The third-order valence-electron chi connectivity index (χ3n) is 3.87. The highest BCUT2D eigenvalue weighted by molar-refractivity contribution is 6.44. The summed E-state index contributed by atoms with van der Waals surface area (Å²) in [7, 11) is 1.29. The van der Waals surface area contributed by atoms with Gasteiger partial charge in [-0.05, 0) is 0 Å². The summed E-state index contributed by atoms with van der Waals surface area (Å²) in [6, 6.07) is -0.591. The molecular formula is C14H21N5O4. The summed E-state index contributed by atoms with van der Waals surface area (Å²) in [6.07, 6.45) is 1.62. The molecule has 2 rings (SSSR count). The fraction of sp³-hybridized carbons (Fsp3) is 0.571. The topological polar surface area (TPSA) is 93.3 Å². The first-order valence-electron chi connectivity index (χ1n) is 7.40. The normalized spacial score (nSPS) is 20.3. The number of likely N-dealkylation sites (N-methyl/N-ethyl adjacent to an activating group) is 1. The van der Waals surface area contributed by atoms with Crippen LogP contribution in [-0.2, 0) is 14.4 Å². The molecule has 0 aromatic carbocycles. The number of nitrogens with one attached hydrogen (secondary N) is 1. The Kier molecular flexibility index (Phi) is 5.45. The van der Waals surface area contributed by atoms with Crippen LogP contribution in [0.1, 0.15) is 0 Å². The largest absolute Gasteiger partial charge is 0.352 e. The molecular weight excluding hydrogens is 302 g/mol. The standard InChI is InChI=1S/C14H21N5O4/c1-3-4-15-11(20)9-17-5-7-18(8-6-17)10-19-13(22)12(21)16(2)14(19)23/h3H,1,4-10H2,2H3,(H,15,20). The van der Waals surface area contributed by atoms with Crippen molar-refractivity contribution < 1.29 is 19.2 Å². The summed E-state index contributed by atoms with van der Waals surface area (Å²) in [5.41, 5.74) is 0. The van der Waals surface area contributed by atoms with Gasteiger partial charge in [-0.25, -0.2) is 9.69 Å². The number of hydrogen-bond donors (Lipinski definition) is 1. The monoisotopic (exact) mass is 323 g/mol. The van der Waals surface area contributed by atoms with Crippen LogP contribution in [0.4, 0.5) is 4.79 Å².